The molecule has 1 rings (SSSR count). The highest BCUT2D eigenvalue weighted by Crippen LogP contribution is 2.09. The summed E-state index contributed by atoms with van der Waals surface area (Å²) < 4.78 is 4.77. The summed E-state index contributed by atoms with van der Waals surface area (Å²) in [6.07, 6.45) is -2.08. The van der Waals surface area contributed by atoms with Crippen molar-refractivity contribution < 1.29 is 19.7 Å². The smallest absolute Gasteiger partial charge is 0.316 e. The van der Waals surface area contributed by atoms with Gasteiger partial charge in [0.05, 0.1) is 6.42 Å². The van der Waals surface area contributed by atoms with Gasteiger partial charge in [-0.3, -0.25) is 4.79 Å². The standard InChI is InChI=1S/C9H10O4/c10-8(11)6-9(12)13-7-4-2-1-3-5-7/h1-5,8,10-11H,6H2. The van der Waals surface area contributed by atoms with E-state index in [0.717, 1.165) is 0 Å². The first kappa shape index (κ1) is 9.70. The van der Waals surface area contributed by atoms with Crippen molar-refractivity contribution in [2.75, 3.05) is 0 Å². The van der Waals surface area contributed by atoms with E-state index in [2.05, 4.69) is 0 Å². The van der Waals surface area contributed by atoms with Gasteiger partial charge in [-0.1, -0.05) is 18.2 Å². The SMILES string of the molecule is O=C(CC(O)O)Oc1ccccc1. The molecule has 0 unspecified atom stereocenters. The van der Waals surface area contributed by atoms with Gasteiger partial charge in [0.15, 0.2) is 6.29 Å². The first-order valence-electron chi connectivity index (χ1n) is 3.80. The lowest BCUT2D eigenvalue weighted by molar-refractivity contribution is -0.142. The van der Waals surface area contributed by atoms with E-state index in [-0.39, 0.29) is 0 Å². The number of hydrogen-bond donors (Lipinski definition) is 2. The lowest BCUT2D eigenvalue weighted by Gasteiger charge is -2.04. The van der Waals surface area contributed by atoms with Crippen molar-refractivity contribution in [3.8, 4) is 5.75 Å². The molecule has 0 amide bonds. The van der Waals surface area contributed by atoms with E-state index in [1.165, 1.54) is 0 Å². The fraction of sp³-hybridized carbons (Fsp3) is 0.222. The monoisotopic (exact) mass is 182 g/mol. The van der Waals surface area contributed by atoms with Gasteiger partial charge in [0.1, 0.15) is 5.75 Å². The third-order valence-corrected chi connectivity index (χ3v) is 1.32. The van der Waals surface area contributed by atoms with Gasteiger partial charge in [-0.25, -0.2) is 0 Å². The second-order valence-electron chi connectivity index (χ2n) is 2.47. The van der Waals surface area contributed by atoms with Crippen molar-refractivity contribution in [1.82, 2.24) is 0 Å². The molecule has 1 aromatic rings. The van der Waals surface area contributed by atoms with Crippen molar-refractivity contribution in [1.29, 1.82) is 0 Å². The second-order valence-corrected chi connectivity index (χ2v) is 2.47. The molecule has 13 heavy (non-hydrogen) atoms. The molecule has 0 bridgehead atoms. The minimum Gasteiger partial charge on any atom is -0.426 e. The number of esters is 1. The van der Waals surface area contributed by atoms with Crippen LogP contribution in [0.2, 0.25) is 0 Å². The van der Waals surface area contributed by atoms with Gasteiger partial charge < -0.3 is 14.9 Å². The topological polar surface area (TPSA) is 66.8 Å². The summed E-state index contributed by atoms with van der Waals surface area (Å²) >= 11 is 0. The van der Waals surface area contributed by atoms with Gasteiger partial charge in [0.2, 0.25) is 0 Å². The number of rotatable bonds is 3. The highest BCUT2D eigenvalue weighted by Gasteiger charge is 2.08. The molecule has 4 nitrogen and oxygen atoms in total. The van der Waals surface area contributed by atoms with Crippen molar-refractivity contribution in [2.24, 2.45) is 0 Å². The highest BCUT2D eigenvalue weighted by molar-refractivity contribution is 5.72. The maximum absolute atomic E-state index is 10.9. The fourth-order valence-electron chi connectivity index (χ4n) is 0.811. The van der Waals surface area contributed by atoms with Crippen LogP contribution in [0.3, 0.4) is 0 Å². The summed E-state index contributed by atoms with van der Waals surface area (Å²) in [6.45, 7) is 0. The Labute approximate surface area is 75.4 Å². The average molecular weight is 182 g/mol. The zero-order chi connectivity index (χ0) is 9.68. The van der Waals surface area contributed by atoms with E-state index in [1.54, 1.807) is 30.3 Å². The minimum absolute atomic E-state index is 0.396. The van der Waals surface area contributed by atoms with E-state index in [9.17, 15) is 4.79 Å². The Kier molecular flexibility index (Phi) is 3.42. The first-order valence-corrected chi connectivity index (χ1v) is 3.80. The third-order valence-electron chi connectivity index (χ3n) is 1.32. The molecule has 0 aliphatic carbocycles. The van der Waals surface area contributed by atoms with Gasteiger partial charge in [-0.2, -0.15) is 0 Å². The minimum atomic E-state index is -1.66. The Hall–Kier alpha value is -1.39. The Morgan fingerprint density at radius 2 is 1.92 bits per heavy atom. The van der Waals surface area contributed by atoms with Crippen LogP contribution in [-0.2, 0) is 4.79 Å². The zero-order valence-corrected chi connectivity index (χ0v) is 6.88. The molecule has 0 aromatic heterocycles. The fourth-order valence-corrected chi connectivity index (χ4v) is 0.811. The van der Waals surface area contributed by atoms with E-state index in [1.807, 2.05) is 0 Å². The Morgan fingerprint density at radius 1 is 1.31 bits per heavy atom. The summed E-state index contributed by atoms with van der Waals surface area (Å²) in [5.74, 6) is -0.269. The summed E-state index contributed by atoms with van der Waals surface area (Å²) in [5, 5.41) is 16.9. The maximum atomic E-state index is 10.9. The molecule has 0 saturated heterocycles. The van der Waals surface area contributed by atoms with Crippen molar-refractivity contribution >= 4 is 5.97 Å². The molecule has 1 aromatic carbocycles. The van der Waals surface area contributed by atoms with Gasteiger partial charge in [-0.05, 0) is 12.1 Å². The molecule has 0 heterocycles. The van der Waals surface area contributed by atoms with E-state index < -0.39 is 18.7 Å². The number of para-hydroxylation sites is 1. The van der Waals surface area contributed by atoms with Gasteiger partial charge in [0.25, 0.3) is 0 Å². The number of carbonyl (C=O) groups is 1. The Balaban J connectivity index is 2.46. The number of aliphatic hydroxyl groups is 2. The molecule has 0 aliphatic heterocycles. The number of benzene rings is 1. The normalized spacial score (nSPS) is 10.1. The Bertz CT molecular complexity index is 268. The van der Waals surface area contributed by atoms with Crippen LogP contribution in [0, 0.1) is 0 Å². The second kappa shape index (κ2) is 4.59. The number of aliphatic hydroxyl groups excluding tert-OH is 1. The first-order chi connectivity index (χ1) is 6.18. The molecular weight excluding hydrogens is 172 g/mol. The van der Waals surface area contributed by atoms with Gasteiger partial charge in [0, 0.05) is 0 Å². The van der Waals surface area contributed by atoms with Crippen LogP contribution in [-0.4, -0.2) is 22.5 Å². The van der Waals surface area contributed by atoms with Crippen LogP contribution in [0.15, 0.2) is 30.3 Å². The van der Waals surface area contributed by atoms with Gasteiger partial charge >= 0.3 is 5.97 Å². The predicted octanol–water partition coefficient (Wildman–Crippen LogP) is 0.293. The van der Waals surface area contributed by atoms with Crippen molar-refractivity contribution in [2.45, 2.75) is 12.7 Å². The third kappa shape index (κ3) is 3.68. The van der Waals surface area contributed by atoms with Crippen LogP contribution in [0.5, 0.6) is 5.75 Å². The van der Waals surface area contributed by atoms with Crippen LogP contribution in [0.25, 0.3) is 0 Å². The largest absolute Gasteiger partial charge is 0.426 e. The molecular formula is C9H10O4. The maximum Gasteiger partial charge on any atom is 0.316 e. The molecule has 0 saturated carbocycles. The van der Waals surface area contributed by atoms with Crippen LogP contribution < -0.4 is 4.74 Å². The summed E-state index contributed by atoms with van der Waals surface area (Å²) in [4.78, 5) is 10.9. The lowest BCUT2D eigenvalue weighted by Crippen LogP contribution is -2.16. The van der Waals surface area contributed by atoms with Crippen LogP contribution in [0.4, 0.5) is 0 Å². The van der Waals surface area contributed by atoms with Gasteiger partial charge in [-0.15, -0.1) is 0 Å². The summed E-state index contributed by atoms with van der Waals surface area (Å²) in [6, 6.07) is 8.46. The number of ether oxygens (including phenoxy) is 1. The predicted molar refractivity (Wildman–Crippen MR) is 44.9 cm³/mol. The summed E-state index contributed by atoms with van der Waals surface area (Å²) in [7, 11) is 0. The van der Waals surface area contributed by atoms with Crippen LogP contribution >= 0.6 is 0 Å². The molecule has 70 valence electrons. The quantitative estimate of drug-likeness (QED) is 0.400. The lowest BCUT2D eigenvalue weighted by atomic mass is 10.3. The molecule has 0 aliphatic rings. The zero-order valence-electron chi connectivity index (χ0n) is 6.88. The molecule has 2 N–H and O–H groups in total. The number of carbonyl (C=O) groups excluding carboxylic acids is 1. The Morgan fingerprint density at radius 3 is 2.46 bits per heavy atom. The molecule has 0 atom stereocenters. The van der Waals surface area contributed by atoms with E-state index in [0.29, 0.717) is 5.75 Å². The van der Waals surface area contributed by atoms with Crippen molar-refractivity contribution in [3.63, 3.8) is 0 Å². The molecule has 4 heteroatoms. The molecule has 0 fully saturated rings. The molecule has 0 spiro atoms. The number of hydrogen-bond acceptors (Lipinski definition) is 4. The van der Waals surface area contributed by atoms with Crippen molar-refractivity contribution in [3.05, 3.63) is 30.3 Å². The van der Waals surface area contributed by atoms with Crippen LogP contribution in [0.1, 0.15) is 6.42 Å². The summed E-state index contributed by atoms with van der Waals surface area (Å²) in [5.41, 5.74) is 0. The highest BCUT2D eigenvalue weighted by atomic mass is 16.5. The average Bonchev–Trinajstić information content (AvgIpc) is 2.04. The van der Waals surface area contributed by atoms with E-state index >= 15 is 0 Å². The van der Waals surface area contributed by atoms with E-state index in [4.69, 9.17) is 14.9 Å². The molecule has 0 radical (unpaired) electrons.